The average molecular weight is 456 g/mol. The monoisotopic (exact) mass is 456 g/mol. The molecule has 0 spiro atoms. The predicted octanol–water partition coefficient (Wildman–Crippen LogP) is 2.85. The smallest absolute Gasteiger partial charge is 0.246 e. The van der Waals surface area contributed by atoms with Crippen LogP contribution in [0.25, 0.3) is 0 Å². The molecule has 5 nitrogen and oxygen atoms in total. The molecule has 0 aliphatic carbocycles. The molecule has 0 atom stereocenters. The van der Waals surface area contributed by atoms with Gasteiger partial charge in [-0.15, -0.1) is 24.0 Å². The number of rotatable bonds is 3. The second-order valence-corrected chi connectivity index (χ2v) is 5.35. The molecule has 0 bridgehead atoms. The van der Waals surface area contributed by atoms with Crippen LogP contribution in [0.2, 0.25) is 0 Å². The molecule has 1 aliphatic rings. The Labute approximate surface area is 155 Å². The number of carbonyl (C=O) groups excluding carboxylic acids is 1. The molecule has 134 valence electrons. The highest BCUT2D eigenvalue weighted by Crippen LogP contribution is 2.19. The molecule has 1 fully saturated rings. The summed E-state index contributed by atoms with van der Waals surface area (Å²) in [5, 5.41) is 2.15. The first-order chi connectivity index (χ1) is 11.0. The van der Waals surface area contributed by atoms with Crippen LogP contribution >= 0.6 is 24.0 Å². The molecule has 0 aromatic heterocycles. The number of carbonyl (C=O) groups is 1. The van der Waals surface area contributed by atoms with Crippen molar-refractivity contribution in [3.8, 4) is 0 Å². The van der Waals surface area contributed by atoms with E-state index in [1.54, 1.807) is 0 Å². The van der Waals surface area contributed by atoms with Crippen molar-refractivity contribution in [2.24, 2.45) is 10.7 Å². The molecule has 24 heavy (non-hydrogen) atoms. The minimum absolute atomic E-state index is 0. The first kappa shape index (κ1) is 20.5. The van der Waals surface area contributed by atoms with E-state index in [0.29, 0.717) is 0 Å². The standard InChI is InChI=1S/C15H19F3N4O.HI/c16-10-5-6-11(14(18)13(10)17)21-12(23)9-20-15(19)22-7-3-1-2-4-8-22;/h5-6H,1-4,7-9H2,(H2,19,20)(H,21,23);1H. The Morgan fingerprint density at radius 1 is 1.12 bits per heavy atom. The molecule has 1 aliphatic heterocycles. The van der Waals surface area contributed by atoms with Gasteiger partial charge in [-0.2, -0.15) is 0 Å². The zero-order valence-electron chi connectivity index (χ0n) is 13.0. The fourth-order valence-corrected chi connectivity index (χ4v) is 2.36. The molecule has 9 heteroatoms. The van der Waals surface area contributed by atoms with E-state index in [9.17, 15) is 18.0 Å². The van der Waals surface area contributed by atoms with Crippen molar-refractivity contribution in [2.75, 3.05) is 25.0 Å². The first-order valence-electron chi connectivity index (χ1n) is 7.47. The SMILES string of the molecule is I.NC(=NCC(=O)Nc1ccc(F)c(F)c1F)N1CCCCCC1. The van der Waals surface area contributed by atoms with Gasteiger partial charge in [-0.25, -0.2) is 18.2 Å². The highest BCUT2D eigenvalue weighted by Gasteiger charge is 2.15. The van der Waals surface area contributed by atoms with Crippen LogP contribution in [0.5, 0.6) is 0 Å². The van der Waals surface area contributed by atoms with Crippen LogP contribution in [0.15, 0.2) is 17.1 Å². The Hall–Kier alpha value is -1.52. The molecule has 1 aromatic rings. The maximum absolute atomic E-state index is 13.5. The van der Waals surface area contributed by atoms with Crippen molar-refractivity contribution in [1.82, 2.24) is 4.90 Å². The maximum Gasteiger partial charge on any atom is 0.246 e. The van der Waals surface area contributed by atoms with Crippen LogP contribution in [0.4, 0.5) is 18.9 Å². The summed E-state index contributed by atoms with van der Waals surface area (Å²) in [6.07, 6.45) is 4.31. The van der Waals surface area contributed by atoms with Crippen LogP contribution in [-0.4, -0.2) is 36.4 Å². The van der Waals surface area contributed by atoms with Gasteiger partial charge in [0.25, 0.3) is 0 Å². The number of aliphatic imine (C=N–C) groups is 1. The number of nitrogens with one attached hydrogen (secondary N) is 1. The molecule has 1 aromatic carbocycles. The van der Waals surface area contributed by atoms with Gasteiger partial charge in [0.05, 0.1) is 5.69 Å². The molecule has 2 rings (SSSR count). The molecular formula is C15H20F3IN4O. The minimum Gasteiger partial charge on any atom is -0.370 e. The molecule has 3 N–H and O–H groups in total. The summed E-state index contributed by atoms with van der Waals surface area (Å²) >= 11 is 0. The van der Waals surface area contributed by atoms with Gasteiger partial charge in [-0.1, -0.05) is 12.8 Å². The van der Waals surface area contributed by atoms with Crippen LogP contribution in [0.1, 0.15) is 25.7 Å². The summed E-state index contributed by atoms with van der Waals surface area (Å²) in [6.45, 7) is 1.25. The number of anilines is 1. The summed E-state index contributed by atoms with van der Waals surface area (Å²) in [6, 6.07) is 1.69. The van der Waals surface area contributed by atoms with Gasteiger partial charge in [0.2, 0.25) is 5.91 Å². The van der Waals surface area contributed by atoms with Crippen LogP contribution < -0.4 is 11.1 Å². The Kier molecular flexibility index (Phi) is 8.29. The maximum atomic E-state index is 13.5. The van der Waals surface area contributed by atoms with E-state index in [1.165, 1.54) is 0 Å². The third kappa shape index (κ3) is 5.53. The van der Waals surface area contributed by atoms with Crippen molar-refractivity contribution in [3.63, 3.8) is 0 Å². The van der Waals surface area contributed by atoms with Gasteiger partial charge in [0.15, 0.2) is 23.4 Å². The van der Waals surface area contributed by atoms with E-state index in [4.69, 9.17) is 5.73 Å². The van der Waals surface area contributed by atoms with E-state index in [2.05, 4.69) is 10.3 Å². The molecule has 0 saturated carbocycles. The number of guanidine groups is 1. The Morgan fingerprint density at radius 3 is 2.38 bits per heavy atom. The largest absolute Gasteiger partial charge is 0.370 e. The normalized spacial score (nSPS) is 15.5. The molecule has 1 saturated heterocycles. The van der Waals surface area contributed by atoms with Crippen molar-refractivity contribution in [1.29, 1.82) is 0 Å². The number of benzene rings is 1. The minimum atomic E-state index is -1.63. The van der Waals surface area contributed by atoms with Crippen molar-refractivity contribution >= 4 is 41.5 Å². The summed E-state index contributed by atoms with van der Waals surface area (Å²) in [4.78, 5) is 17.6. The van der Waals surface area contributed by atoms with Crippen LogP contribution in [0.3, 0.4) is 0 Å². The number of halogens is 4. The van der Waals surface area contributed by atoms with Crippen molar-refractivity contribution in [2.45, 2.75) is 25.7 Å². The number of nitrogens with zero attached hydrogens (tertiary/aromatic N) is 2. The summed E-state index contributed by atoms with van der Waals surface area (Å²) in [5.41, 5.74) is 5.41. The number of hydrogen-bond acceptors (Lipinski definition) is 2. The van der Waals surface area contributed by atoms with Gasteiger partial charge in [0, 0.05) is 13.1 Å². The zero-order valence-corrected chi connectivity index (χ0v) is 15.4. The lowest BCUT2D eigenvalue weighted by Crippen LogP contribution is -2.38. The van der Waals surface area contributed by atoms with Crippen molar-refractivity contribution in [3.05, 3.63) is 29.6 Å². The molecule has 0 unspecified atom stereocenters. The third-order valence-electron chi connectivity index (χ3n) is 3.62. The lowest BCUT2D eigenvalue weighted by molar-refractivity contribution is -0.114. The van der Waals surface area contributed by atoms with E-state index in [1.807, 2.05) is 4.90 Å². The molecular weight excluding hydrogens is 436 g/mol. The van der Waals surface area contributed by atoms with Crippen LogP contribution in [-0.2, 0) is 4.79 Å². The summed E-state index contributed by atoms with van der Waals surface area (Å²) in [7, 11) is 0. The van der Waals surface area contributed by atoms with Gasteiger partial charge >= 0.3 is 0 Å². The zero-order chi connectivity index (χ0) is 16.8. The fourth-order valence-electron chi connectivity index (χ4n) is 2.36. The molecule has 0 radical (unpaired) electrons. The fraction of sp³-hybridized carbons (Fsp3) is 0.467. The average Bonchev–Trinajstić information content (AvgIpc) is 2.82. The van der Waals surface area contributed by atoms with Gasteiger partial charge in [0.1, 0.15) is 6.54 Å². The Balaban J connectivity index is 0.00000288. The van der Waals surface area contributed by atoms with Gasteiger partial charge < -0.3 is 16.0 Å². The topological polar surface area (TPSA) is 70.7 Å². The lowest BCUT2D eigenvalue weighted by atomic mass is 10.2. The number of hydrogen-bond donors (Lipinski definition) is 2. The third-order valence-corrected chi connectivity index (χ3v) is 3.62. The van der Waals surface area contributed by atoms with E-state index >= 15 is 0 Å². The van der Waals surface area contributed by atoms with Crippen LogP contribution in [0, 0.1) is 17.5 Å². The Morgan fingerprint density at radius 2 is 1.75 bits per heavy atom. The second kappa shape index (κ2) is 9.70. The second-order valence-electron chi connectivity index (χ2n) is 5.35. The first-order valence-corrected chi connectivity index (χ1v) is 7.47. The van der Waals surface area contributed by atoms with Gasteiger partial charge in [-0.05, 0) is 25.0 Å². The van der Waals surface area contributed by atoms with Gasteiger partial charge in [-0.3, -0.25) is 4.79 Å². The Bertz CT molecular complexity index is 605. The predicted molar refractivity (Wildman–Crippen MR) is 96.9 cm³/mol. The lowest BCUT2D eigenvalue weighted by Gasteiger charge is -2.20. The number of likely N-dealkylation sites (tertiary alicyclic amines) is 1. The quantitative estimate of drug-likeness (QED) is 0.318. The number of amides is 1. The highest BCUT2D eigenvalue weighted by atomic mass is 127. The molecule has 1 amide bonds. The number of nitrogens with two attached hydrogens (primary N) is 1. The van der Waals surface area contributed by atoms with E-state index in [0.717, 1.165) is 50.9 Å². The summed E-state index contributed by atoms with van der Waals surface area (Å²) in [5.74, 6) is -4.79. The summed E-state index contributed by atoms with van der Waals surface area (Å²) < 4.78 is 39.4. The van der Waals surface area contributed by atoms with E-state index in [-0.39, 0.29) is 36.5 Å². The van der Waals surface area contributed by atoms with E-state index < -0.39 is 29.0 Å². The van der Waals surface area contributed by atoms with Crippen molar-refractivity contribution < 1.29 is 18.0 Å². The highest BCUT2D eigenvalue weighted by molar-refractivity contribution is 14.0. The molecule has 1 heterocycles.